The Morgan fingerprint density at radius 2 is 1.95 bits per heavy atom. The van der Waals surface area contributed by atoms with Crippen LogP contribution in [0.2, 0.25) is 0 Å². The number of amides is 1. The van der Waals surface area contributed by atoms with E-state index in [1.165, 1.54) is 10.4 Å². The fourth-order valence-electron chi connectivity index (χ4n) is 2.36. The van der Waals surface area contributed by atoms with E-state index in [1.54, 1.807) is 11.3 Å². The van der Waals surface area contributed by atoms with E-state index in [-0.39, 0.29) is 0 Å². The maximum Gasteiger partial charge on any atom is 0.226 e. The standard InChI is InChI=1S/C17H19NOS/c19-17(15-8-9-15)18(13-16-7-4-12-20-16)11-10-14-5-2-1-3-6-14/h1-7,12,15H,8-11,13H2. The molecular weight excluding hydrogens is 266 g/mol. The first-order valence-corrected chi connectivity index (χ1v) is 8.06. The minimum atomic E-state index is 0.297. The van der Waals surface area contributed by atoms with Gasteiger partial charge >= 0.3 is 0 Å². The smallest absolute Gasteiger partial charge is 0.226 e. The maximum absolute atomic E-state index is 12.4. The molecule has 1 aromatic carbocycles. The van der Waals surface area contributed by atoms with Crippen LogP contribution in [0.15, 0.2) is 47.8 Å². The maximum atomic E-state index is 12.4. The molecule has 20 heavy (non-hydrogen) atoms. The molecule has 0 N–H and O–H groups in total. The Morgan fingerprint density at radius 1 is 1.15 bits per heavy atom. The molecule has 0 aliphatic heterocycles. The highest BCUT2D eigenvalue weighted by atomic mass is 32.1. The summed E-state index contributed by atoms with van der Waals surface area (Å²) >= 11 is 1.73. The molecule has 1 amide bonds. The van der Waals surface area contributed by atoms with E-state index in [9.17, 15) is 4.79 Å². The van der Waals surface area contributed by atoms with Crippen LogP contribution >= 0.6 is 11.3 Å². The summed E-state index contributed by atoms with van der Waals surface area (Å²) in [5.74, 6) is 0.639. The molecule has 1 aliphatic rings. The zero-order valence-electron chi connectivity index (χ0n) is 11.5. The van der Waals surface area contributed by atoms with Gasteiger partial charge in [0.15, 0.2) is 0 Å². The molecule has 0 unspecified atom stereocenters. The number of nitrogens with zero attached hydrogens (tertiary/aromatic N) is 1. The van der Waals surface area contributed by atoms with Crippen LogP contribution in [-0.4, -0.2) is 17.4 Å². The van der Waals surface area contributed by atoms with Gasteiger partial charge in [-0.05, 0) is 36.3 Å². The van der Waals surface area contributed by atoms with Crippen molar-refractivity contribution in [1.82, 2.24) is 4.90 Å². The highest BCUT2D eigenvalue weighted by Gasteiger charge is 2.33. The van der Waals surface area contributed by atoms with Crippen LogP contribution in [0.25, 0.3) is 0 Å². The number of carbonyl (C=O) groups is 1. The third-order valence-electron chi connectivity index (χ3n) is 3.68. The van der Waals surface area contributed by atoms with Crippen LogP contribution < -0.4 is 0 Å². The molecule has 1 aliphatic carbocycles. The number of carbonyl (C=O) groups excluding carboxylic acids is 1. The molecule has 3 heteroatoms. The molecule has 0 spiro atoms. The Bertz CT molecular complexity index is 546. The van der Waals surface area contributed by atoms with Crippen molar-refractivity contribution >= 4 is 17.2 Å². The molecule has 1 heterocycles. The largest absolute Gasteiger partial charge is 0.337 e. The topological polar surface area (TPSA) is 20.3 Å². The van der Waals surface area contributed by atoms with Crippen LogP contribution in [0.1, 0.15) is 23.3 Å². The van der Waals surface area contributed by atoms with Crippen LogP contribution in [0.3, 0.4) is 0 Å². The lowest BCUT2D eigenvalue weighted by Crippen LogP contribution is -2.33. The normalized spacial score (nSPS) is 14.2. The van der Waals surface area contributed by atoms with Gasteiger partial charge in [-0.1, -0.05) is 36.4 Å². The third kappa shape index (κ3) is 3.48. The summed E-state index contributed by atoms with van der Waals surface area (Å²) in [6.07, 6.45) is 3.08. The number of thiophene rings is 1. The lowest BCUT2D eigenvalue weighted by Gasteiger charge is -2.22. The summed E-state index contributed by atoms with van der Waals surface area (Å²) in [5.41, 5.74) is 1.30. The molecule has 3 rings (SSSR count). The van der Waals surface area contributed by atoms with Gasteiger partial charge in [-0.3, -0.25) is 4.79 Å². The van der Waals surface area contributed by atoms with Gasteiger partial charge in [0.05, 0.1) is 6.54 Å². The number of hydrogen-bond acceptors (Lipinski definition) is 2. The van der Waals surface area contributed by atoms with E-state index in [0.717, 1.165) is 32.4 Å². The van der Waals surface area contributed by atoms with Crippen LogP contribution in [0.4, 0.5) is 0 Å². The van der Waals surface area contributed by atoms with Gasteiger partial charge in [0.1, 0.15) is 0 Å². The third-order valence-corrected chi connectivity index (χ3v) is 4.54. The van der Waals surface area contributed by atoms with Crippen molar-refractivity contribution in [3.05, 3.63) is 58.3 Å². The summed E-state index contributed by atoms with van der Waals surface area (Å²) in [6, 6.07) is 14.6. The van der Waals surface area contributed by atoms with E-state index in [4.69, 9.17) is 0 Å². The fourth-order valence-corrected chi connectivity index (χ4v) is 3.07. The van der Waals surface area contributed by atoms with Crippen molar-refractivity contribution < 1.29 is 4.79 Å². The zero-order valence-corrected chi connectivity index (χ0v) is 12.3. The first-order chi connectivity index (χ1) is 9.83. The van der Waals surface area contributed by atoms with Crippen LogP contribution in [-0.2, 0) is 17.8 Å². The molecule has 0 bridgehead atoms. The van der Waals surface area contributed by atoms with E-state index < -0.39 is 0 Å². The van der Waals surface area contributed by atoms with Gasteiger partial charge < -0.3 is 4.90 Å². The van der Waals surface area contributed by atoms with Gasteiger partial charge in [0.25, 0.3) is 0 Å². The predicted molar refractivity (Wildman–Crippen MR) is 82.6 cm³/mol. The quantitative estimate of drug-likeness (QED) is 0.792. The predicted octanol–water partition coefficient (Wildman–Crippen LogP) is 3.73. The number of benzene rings is 1. The minimum absolute atomic E-state index is 0.297. The van der Waals surface area contributed by atoms with Crippen molar-refractivity contribution in [1.29, 1.82) is 0 Å². The zero-order chi connectivity index (χ0) is 13.8. The van der Waals surface area contributed by atoms with Crippen molar-refractivity contribution in [3.63, 3.8) is 0 Å². The Kier molecular flexibility index (Phi) is 4.16. The molecule has 1 saturated carbocycles. The molecule has 0 radical (unpaired) electrons. The fraction of sp³-hybridized carbons (Fsp3) is 0.353. The molecule has 0 saturated heterocycles. The number of rotatable bonds is 6. The summed E-state index contributed by atoms with van der Waals surface area (Å²) < 4.78 is 0. The van der Waals surface area contributed by atoms with E-state index in [1.807, 2.05) is 11.0 Å². The minimum Gasteiger partial charge on any atom is -0.337 e. The summed E-state index contributed by atoms with van der Waals surface area (Å²) in [5, 5.41) is 2.08. The van der Waals surface area contributed by atoms with Crippen molar-refractivity contribution in [2.45, 2.75) is 25.8 Å². The van der Waals surface area contributed by atoms with Gasteiger partial charge in [-0.2, -0.15) is 0 Å². The molecule has 1 fully saturated rings. The summed E-state index contributed by atoms with van der Waals surface area (Å²) in [6.45, 7) is 1.58. The van der Waals surface area contributed by atoms with Crippen LogP contribution in [0.5, 0.6) is 0 Å². The van der Waals surface area contributed by atoms with Crippen molar-refractivity contribution in [2.24, 2.45) is 5.92 Å². The molecule has 104 valence electrons. The summed E-state index contributed by atoms with van der Waals surface area (Å²) in [7, 11) is 0. The highest BCUT2D eigenvalue weighted by Crippen LogP contribution is 2.31. The lowest BCUT2D eigenvalue weighted by molar-refractivity contribution is -0.133. The molecule has 2 nitrogen and oxygen atoms in total. The Labute approximate surface area is 124 Å². The van der Waals surface area contributed by atoms with Gasteiger partial charge in [0, 0.05) is 17.3 Å². The van der Waals surface area contributed by atoms with Crippen LogP contribution in [0, 0.1) is 5.92 Å². The highest BCUT2D eigenvalue weighted by molar-refractivity contribution is 7.09. The van der Waals surface area contributed by atoms with Gasteiger partial charge in [-0.15, -0.1) is 11.3 Å². The Morgan fingerprint density at radius 3 is 2.60 bits per heavy atom. The second kappa shape index (κ2) is 6.23. The molecule has 0 atom stereocenters. The lowest BCUT2D eigenvalue weighted by atomic mass is 10.1. The average Bonchev–Trinajstić information content (AvgIpc) is 3.21. The van der Waals surface area contributed by atoms with Gasteiger partial charge in [0.2, 0.25) is 5.91 Å². The van der Waals surface area contributed by atoms with Crippen molar-refractivity contribution in [2.75, 3.05) is 6.54 Å². The molecule has 1 aromatic heterocycles. The Balaban J connectivity index is 1.63. The van der Waals surface area contributed by atoms with E-state index in [2.05, 4.69) is 41.8 Å². The number of hydrogen-bond donors (Lipinski definition) is 0. The summed E-state index contributed by atoms with van der Waals surface area (Å²) in [4.78, 5) is 15.7. The second-order valence-corrected chi connectivity index (χ2v) is 6.38. The SMILES string of the molecule is O=C(C1CC1)N(CCc1ccccc1)Cc1cccs1. The second-order valence-electron chi connectivity index (χ2n) is 5.35. The Hall–Kier alpha value is -1.61. The van der Waals surface area contributed by atoms with E-state index >= 15 is 0 Å². The average molecular weight is 285 g/mol. The first-order valence-electron chi connectivity index (χ1n) is 7.18. The molecular formula is C17H19NOS. The van der Waals surface area contributed by atoms with Crippen molar-refractivity contribution in [3.8, 4) is 0 Å². The first kappa shape index (κ1) is 13.4. The monoisotopic (exact) mass is 285 g/mol. The van der Waals surface area contributed by atoms with E-state index in [0.29, 0.717) is 11.8 Å². The molecule has 2 aromatic rings. The van der Waals surface area contributed by atoms with Gasteiger partial charge in [-0.25, -0.2) is 0 Å².